The van der Waals surface area contributed by atoms with Crippen LogP contribution in [0.3, 0.4) is 0 Å². The molecule has 0 radical (unpaired) electrons. The van der Waals surface area contributed by atoms with Gasteiger partial charge in [0.2, 0.25) is 21.9 Å². The highest BCUT2D eigenvalue weighted by molar-refractivity contribution is 7.93. The van der Waals surface area contributed by atoms with Gasteiger partial charge in [0.1, 0.15) is 5.75 Å². The van der Waals surface area contributed by atoms with Crippen molar-refractivity contribution < 1.29 is 18.3 Å². The Kier molecular flexibility index (Phi) is 5.27. The minimum Gasteiger partial charge on any atom is -0.506 e. The third-order valence-electron chi connectivity index (χ3n) is 5.25. The lowest BCUT2D eigenvalue weighted by atomic mass is 9.97. The summed E-state index contributed by atoms with van der Waals surface area (Å²) in [5.41, 5.74) is 0.654. The number of aromatic nitrogens is 2. The molecule has 2 saturated heterocycles. The molecular formula is C19H23N5O4S. The van der Waals surface area contributed by atoms with Gasteiger partial charge in [0.05, 0.1) is 23.0 Å². The zero-order chi connectivity index (χ0) is 20.4. The second kappa shape index (κ2) is 7.86. The van der Waals surface area contributed by atoms with Crippen molar-refractivity contribution >= 4 is 33.3 Å². The van der Waals surface area contributed by atoms with Crippen LogP contribution in [0.25, 0.3) is 0 Å². The van der Waals surface area contributed by atoms with Crippen LogP contribution < -0.4 is 14.5 Å². The van der Waals surface area contributed by atoms with Crippen molar-refractivity contribution in [2.75, 3.05) is 39.9 Å². The highest BCUT2D eigenvalue weighted by atomic mass is 32.2. The average molecular weight is 417 g/mol. The van der Waals surface area contributed by atoms with Gasteiger partial charge in [-0.25, -0.2) is 18.4 Å². The van der Waals surface area contributed by atoms with Crippen LogP contribution in [0, 0.1) is 5.92 Å². The van der Waals surface area contributed by atoms with Gasteiger partial charge >= 0.3 is 0 Å². The number of sulfonamides is 1. The van der Waals surface area contributed by atoms with E-state index >= 15 is 0 Å². The number of benzene rings is 1. The fourth-order valence-corrected chi connectivity index (χ4v) is 5.33. The van der Waals surface area contributed by atoms with Crippen molar-refractivity contribution in [3.8, 4) is 5.75 Å². The van der Waals surface area contributed by atoms with E-state index < -0.39 is 10.0 Å². The lowest BCUT2D eigenvalue weighted by Gasteiger charge is -2.32. The number of rotatable bonds is 4. The number of hydrogen-bond donors (Lipinski definition) is 2. The predicted octanol–water partition coefficient (Wildman–Crippen LogP) is 1.58. The average Bonchev–Trinajstić information content (AvgIpc) is 3.09. The molecule has 0 bridgehead atoms. The molecule has 154 valence electrons. The van der Waals surface area contributed by atoms with Crippen LogP contribution in [0.1, 0.15) is 19.3 Å². The Morgan fingerprint density at radius 3 is 2.69 bits per heavy atom. The second-order valence-electron chi connectivity index (χ2n) is 7.27. The van der Waals surface area contributed by atoms with Crippen LogP contribution in [0.2, 0.25) is 0 Å². The Bertz CT molecular complexity index is 999. The summed E-state index contributed by atoms with van der Waals surface area (Å²) >= 11 is 0. The van der Waals surface area contributed by atoms with E-state index in [4.69, 9.17) is 0 Å². The van der Waals surface area contributed by atoms with E-state index in [1.54, 1.807) is 24.5 Å². The number of phenolic OH excluding ortho intramolecular Hbond substituents is 1. The van der Waals surface area contributed by atoms with Crippen LogP contribution >= 0.6 is 0 Å². The van der Waals surface area contributed by atoms with Gasteiger partial charge in [-0.15, -0.1) is 0 Å². The van der Waals surface area contributed by atoms with Crippen molar-refractivity contribution in [1.82, 2.24) is 9.97 Å². The molecule has 0 aliphatic carbocycles. The zero-order valence-electron chi connectivity index (χ0n) is 15.9. The number of phenols is 1. The lowest BCUT2D eigenvalue weighted by Crippen LogP contribution is -2.41. The largest absolute Gasteiger partial charge is 0.506 e. The number of carbonyl (C=O) groups is 1. The van der Waals surface area contributed by atoms with Crippen molar-refractivity contribution in [3.05, 3.63) is 36.7 Å². The molecule has 10 heteroatoms. The van der Waals surface area contributed by atoms with Crippen molar-refractivity contribution in [2.24, 2.45) is 5.92 Å². The molecule has 1 aromatic heterocycles. The number of aromatic hydroxyl groups is 1. The Morgan fingerprint density at radius 1 is 1.17 bits per heavy atom. The Hall–Kier alpha value is -2.88. The van der Waals surface area contributed by atoms with Gasteiger partial charge in [-0.3, -0.25) is 9.10 Å². The van der Waals surface area contributed by atoms with E-state index in [9.17, 15) is 18.3 Å². The molecule has 1 aromatic carbocycles. The number of nitrogens with one attached hydrogen (secondary N) is 1. The van der Waals surface area contributed by atoms with E-state index in [-0.39, 0.29) is 29.0 Å². The summed E-state index contributed by atoms with van der Waals surface area (Å²) < 4.78 is 25.6. The van der Waals surface area contributed by atoms with E-state index in [0.717, 1.165) is 19.4 Å². The van der Waals surface area contributed by atoms with E-state index in [1.165, 1.54) is 16.4 Å². The molecule has 1 unspecified atom stereocenters. The Labute approximate surface area is 169 Å². The number of nitrogens with zero attached hydrogens (tertiary/aromatic N) is 4. The van der Waals surface area contributed by atoms with Gasteiger partial charge in [-0.05, 0) is 43.5 Å². The number of hydrogen-bond acceptors (Lipinski definition) is 7. The summed E-state index contributed by atoms with van der Waals surface area (Å²) in [6.45, 7) is 1.66. The number of carbonyl (C=O) groups excluding carboxylic acids is 1. The Morgan fingerprint density at radius 2 is 1.97 bits per heavy atom. The van der Waals surface area contributed by atoms with E-state index in [1.807, 2.05) is 4.90 Å². The molecule has 3 heterocycles. The van der Waals surface area contributed by atoms with Crippen LogP contribution in [0.5, 0.6) is 5.75 Å². The monoisotopic (exact) mass is 417 g/mol. The third kappa shape index (κ3) is 4.12. The first-order chi connectivity index (χ1) is 13.9. The van der Waals surface area contributed by atoms with Gasteiger partial charge < -0.3 is 15.3 Å². The fraction of sp³-hybridized carbons (Fsp3) is 0.421. The van der Waals surface area contributed by atoms with Crippen molar-refractivity contribution in [2.45, 2.75) is 19.3 Å². The minimum atomic E-state index is -3.34. The molecular weight excluding hydrogens is 394 g/mol. The van der Waals surface area contributed by atoms with E-state index in [2.05, 4.69) is 15.3 Å². The highest BCUT2D eigenvalue weighted by Gasteiger charge is 2.30. The molecule has 1 atom stereocenters. The summed E-state index contributed by atoms with van der Waals surface area (Å²) in [6.07, 6.45) is 5.44. The first-order valence-electron chi connectivity index (χ1n) is 9.60. The summed E-state index contributed by atoms with van der Waals surface area (Å²) in [5.74, 6) is 0.0926. The molecule has 29 heavy (non-hydrogen) atoms. The number of piperidine rings is 1. The fourth-order valence-electron chi connectivity index (χ4n) is 3.77. The highest BCUT2D eigenvalue weighted by Crippen LogP contribution is 2.33. The maximum absolute atomic E-state index is 12.8. The summed E-state index contributed by atoms with van der Waals surface area (Å²) in [7, 11) is -3.34. The lowest BCUT2D eigenvalue weighted by molar-refractivity contribution is -0.120. The summed E-state index contributed by atoms with van der Waals surface area (Å²) in [6, 6.07) is 6.21. The molecule has 4 rings (SSSR count). The predicted molar refractivity (Wildman–Crippen MR) is 109 cm³/mol. The molecule has 2 aromatic rings. The first kappa shape index (κ1) is 19.4. The molecule has 0 saturated carbocycles. The van der Waals surface area contributed by atoms with Crippen molar-refractivity contribution in [1.29, 1.82) is 0 Å². The zero-order valence-corrected chi connectivity index (χ0v) is 16.7. The van der Waals surface area contributed by atoms with Crippen LogP contribution in [-0.2, 0) is 14.8 Å². The van der Waals surface area contributed by atoms with Gasteiger partial charge in [0.25, 0.3) is 0 Å². The molecule has 2 aliphatic rings. The molecule has 0 spiro atoms. The molecule has 2 fully saturated rings. The molecule has 9 nitrogen and oxygen atoms in total. The van der Waals surface area contributed by atoms with Crippen molar-refractivity contribution in [3.63, 3.8) is 0 Å². The maximum Gasteiger partial charge on any atom is 0.235 e. The molecule has 2 aliphatic heterocycles. The normalized spacial score (nSPS) is 21.2. The van der Waals surface area contributed by atoms with Gasteiger partial charge in [0.15, 0.2) is 0 Å². The van der Waals surface area contributed by atoms with Crippen LogP contribution in [0.15, 0.2) is 36.7 Å². The topological polar surface area (TPSA) is 116 Å². The third-order valence-corrected chi connectivity index (χ3v) is 7.12. The van der Waals surface area contributed by atoms with Crippen LogP contribution in [0.4, 0.5) is 17.3 Å². The maximum atomic E-state index is 12.8. The van der Waals surface area contributed by atoms with E-state index in [0.29, 0.717) is 31.1 Å². The number of amides is 1. The van der Waals surface area contributed by atoms with Gasteiger partial charge in [-0.1, -0.05) is 0 Å². The first-order valence-corrected chi connectivity index (χ1v) is 11.2. The molecule has 1 amide bonds. The second-order valence-corrected chi connectivity index (χ2v) is 9.28. The Balaban J connectivity index is 1.49. The molecule has 2 N–H and O–H groups in total. The minimum absolute atomic E-state index is 0.0993. The summed E-state index contributed by atoms with van der Waals surface area (Å²) in [4.78, 5) is 23.3. The van der Waals surface area contributed by atoms with Gasteiger partial charge in [0, 0.05) is 32.0 Å². The quantitative estimate of drug-likeness (QED) is 0.726. The number of anilines is 3. The van der Waals surface area contributed by atoms with Gasteiger partial charge in [-0.2, -0.15) is 0 Å². The smallest absolute Gasteiger partial charge is 0.235 e. The standard InChI is InChI=1S/C19H23N5O4S/c25-17-6-5-15(24-10-3-11-29(24,27)28)12-16(17)22-18(26)14-4-1-9-23(13-14)19-20-7-2-8-21-19/h2,5-8,12,14,25H,1,3-4,9-11,13H2,(H,22,26). The SMILES string of the molecule is O=C(Nc1cc(N2CCCS2(=O)=O)ccc1O)C1CCCN(c2ncccn2)C1. The van der Waals surface area contributed by atoms with Crippen LogP contribution in [-0.4, -0.2) is 54.8 Å². The summed E-state index contributed by atoms with van der Waals surface area (Å²) in [5, 5.41) is 12.9.